The molecule has 9 nitrogen and oxygen atoms in total. The van der Waals surface area contributed by atoms with E-state index < -0.39 is 28.0 Å². The van der Waals surface area contributed by atoms with E-state index in [1.54, 1.807) is 43.5 Å². The van der Waals surface area contributed by atoms with Gasteiger partial charge in [0, 0.05) is 18.8 Å². The Labute approximate surface area is 187 Å². The number of benzene rings is 2. The minimum absolute atomic E-state index is 0.00882. The molecule has 1 fully saturated rings. The second-order valence-corrected chi connectivity index (χ2v) is 9.13. The molecule has 0 aliphatic carbocycles. The lowest BCUT2D eigenvalue weighted by Gasteiger charge is -2.26. The average molecular weight is 463 g/mol. The topological polar surface area (TPSA) is 111 Å². The highest BCUT2D eigenvalue weighted by Gasteiger charge is 2.27. The molecule has 1 N–H and O–H groups in total. The quantitative estimate of drug-likeness (QED) is 0.596. The van der Waals surface area contributed by atoms with Gasteiger partial charge in [-0.1, -0.05) is 18.2 Å². The Hall–Kier alpha value is -2.95. The number of amides is 1. The Morgan fingerprint density at radius 2 is 1.81 bits per heavy atom. The number of rotatable bonds is 8. The maximum absolute atomic E-state index is 12.8. The highest BCUT2D eigenvalue weighted by molar-refractivity contribution is 7.89. The largest absolute Gasteiger partial charge is 0.497 e. The number of nitrogens with zero attached hydrogens (tertiary/aromatic N) is 1. The maximum Gasteiger partial charge on any atom is 0.311 e. The number of carbonyl (C=O) groups is 2. The molecule has 0 unspecified atom stereocenters. The van der Waals surface area contributed by atoms with Crippen LogP contribution in [0.5, 0.6) is 5.75 Å². The van der Waals surface area contributed by atoms with Crippen molar-refractivity contribution >= 4 is 27.6 Å². The zero-order chi connectivity index (χ0) is 23.1. The third-order valence-electron chi connectivity index (χ3n) is 4.89. The standard InChI is InChI=1S/C22H26N2O7S/c1-16(31-21(25)14-17-6-8-19(29-2)9-7-17)22(26)23-18-4-3-5-20(15-18)32(27,28)24-10-12-30-13-11-24/h3-9,15-16H,10-14H2,1-2H3,(H,23,26)/t16-/m0/s1. The normalized spacial score (nSPS) is 15.6. The molecule has 10 heteroatoms. The fourth-order valence-electron chi connectivity index (χ4n) is 3.12. The van der Waals surface area contributed by atoms with Gasteiger partial charge in [0.25, 0.3) is 5.91 Å². The lowest BCUT2D eigenvalue weighted by Crippen LogP contribution is -2.40. The van der Waals surface area contributed by atoms with Crippen LogP contribution in [0.25, 0.3) is 0 Å². The van der Waals surface area contributed by atoms with E-state index in [-0.39, 0.29) is 24.4 Å². The maximum atomic E-state index is 12.8. The molecular weight excluding hydrogens is 436 g/mol. The first-order valence-corrected chi connectivity index (χ1v) is 11.5. The van der Waals surface area contributed by atoms with Crippen molar-refractivity contribution in [2.24, 2.45) is 0 Å². The van der Waals surface area contributed by atoms with Crippen LogP contribution >= 0.6 is 0 Å². The van der Waals surface area contributed by atoms with Gasteiger partial charge in [0.2, 0.25) is 10.0 Å². The molecule has 1 saturated heterocycles. The summed E-state index contributed by atoms with van der Waals surface area (Å²) >= 11 is 0. The summed E-state index contributed by atoms with van der Waals surface area (Å²) in [7, 11) is -2.14. The molecule has 32 heavy (non-hydrogen) atoms. The molecule has 0 spiro atoms. The molecule has 2 aromatic carbocycles. The zero-order valence-corrected chi connectivity index (χ0v) is 18.8. The molecule has 3 rings (SSSR count). The minimum atomic E-state index is -3.69. The average Bonchev–Trinajstić information content (AvgIpc) is 2.80. The van der Waals surface area contributed by atoms with E-state index in [9.17, 15) is 18.0 Å². The second kappa shape index (κ2) is 10.6. The van der Waals surface area contributed by atoms with Crippen LogP contribution in [0.4, 0.5) is 5.69 Å². The number of morpholine rings is 1. The number of methoxy groups -OCH3 is 1. The Balaban J connectivity index is 1.58. The molecule has 1 heterocycles. The van der Waals surface area contributed by atoms with Crippen LogP contribution in [-0.2, 0) is 35.5 Å². The number of ether oxygens (including phenoxy) is 3. The molecule has 1 aliphatic heterocycles. The van der Waals surface area contributed by atoms with Crippen LogP contribution in [0, 0.1) is 0 Å². The Kier molecular flexibility index (Phi) is 7.84. The van der Waals surface area contributed by atoms with Gasteiger partial charge in [-0.3, -0.25) is 9.59 Å². The van der Waals surface area contributed by atoms with Crippen LogP contribution < -0.4 is 10.1 Å². The van der Waals surface area contributed by atoms with Crippen LogP contribution in [0.15, 0.2) is 53.4 Å². The van der Waals surface area contributed by atoms with Gasteiger partial charge in [-0.25, -0.2) is 8.42 Å². The molecule has 172 valence electrons. The summed E-state index contributed by atoms with van der Waals surface area (Å²) in [5.41, 5.74) is 1.02. The first-order valence-electron chi connectivity index (χ1n) is 10.1. The number of carbonyl (C=O) groups excluding carboxylic acids is 2. The van der Waals surface area contributed by atoms with Crippen molar-refractivity contribution in [3.63, 3.8) is 0 Å². The summed E-state index contributed by atoms with van der Waals surface area (Å²) < 4.78 is 42.4. The van der Waals surface area contributed by atoms with E-state index in [1.165, 1.54) is 23.4 Å². The number of esters is 1. The number of hydrogen-bond acceptors (Lipinski definition) is 7. The van der Waals surface area contributed by atoms with Crippen molar-refractivity contribution in [1.29, 1.82) is 0 Å². The van der Waals surface area contributed by atoms with Crippen LogP contribution in [0.3, 0.4) is 0 Å². The number of hydrogen-bond donors (Lipinski definition) is 1. The van der Waals surface area contributed by atoms with Gasteiger partial charge in [-0.15, -0.1) is 0 Å². The lowest BCUT2D eigenvalue weighted by molar-refractivity contribution is -0.152. The predicted octanol–water partition coefficient (Wildman–Crippen LogP) is 1.83. The van der Waals surface area contributed by atoms with E-state index in [4.69, 9.17) is 14.2 Å². The SMILES string of the molecule is COc1ccc(CC(=O)O[C@@H](C)C(=O)Nc2cccc(S(=O)(=O)N3CCOCC3)c2)cc1. The molecule has 0 aromatic heterocycles. The molecule has 1 amide bonds. The second-order valence-electron chi connectivity index (χ2n) is 7.19. The van der Waals surface area contributed by atoms with Crippen molar-refractivity contribution in [2.75, 3.05) is 38.7 Å². The van der Waals surface area contributed by atoms with Gasteiger partial charge in [-0.2, -0.15) is 4.31 Å². The fraction of sp³-hybridized carbons (Fsp3) is 0.364. The van der Waals surface area contributed by atoms with Crippen molar-refractivity contribution in [1.82, 2.24) is 4.31 Å². The third-order valence-corrected chi connectivity index (χ3v) is 6.79. The van der Waals surface area contributed by atoms with E-state index in [0.29, 0.717) is 24.7 Å². The lowest BCUT2D eigenvalue weighted by atomic mass is 10.1. The Bertz CT molecular complexity index is 1050. The van der Waals surface area contributed by atoms with Crippen LogP contribution in [0.1, 0.15) is 12.5 Å². The number of nitrogens with one attached hydrogen (secondary N) is 1. The van der Waals surface area contributed by atoms with E-state index in [0.717, 1.165) is 5.56 Å². The summed E-state index contributed by atoms with van der Waals surface area (Å²) in [4.78, 5) is 24.7. The Morgan fingerprint density at radius 3 is 2.47 bits per heavy atom. The predicted molar refractivity (Wildman–Crippen MR) is 117 cm³/mol. The van der Waals surface area contributed by atoms with Crippen LogP contribution in [0.2, 0.25) is 0 Å². The first kappa shape index (κ1) is 23.7. The fourth-order valence-corrected chi connectivity index (χ4v) is 4.57. The highest BCUT2D eigenvalue weighted by Crippen LogP contribution is 2.21. The Morgan fingerprint density at radius 1 is 1.12 bits per heavy atom. The van der Waals surface area contributed by atoms with Crippen molar-refractivity contribution in [3.8, 4) is 5.75 Å². The molecule has 1 atom stereocenters. The summed E-state index contributed by atoms with van der Waals surface area (Å²) in [5, 5.41) is 2.60. The molecule has 2 aromatic rings. The number of sulfonamides is 1. The summed E-state index contributed by atoms with van der Waals surface area (Å²) in [6.45, 7) is 2.69. The van der Waals surface area contributed by atoms with E-state index >= 15 is 0 Å². The summed E-state index contributed by atoms with van der Waals surface area (Å²) in [5.74, 6) is -0.441. The van der Waals surface area contributed by atoms with Crippen molar-refractivity contribution < 1.29 is 32.2 Å². The van der Waals surface area contributed by atoms with Gasteiger partial charge < -0.3 is 19.5 Å². The zero-order valence-electron chi connectivity index (χ0n) is 17.9. The van der Waals surface area contributed by atoms with Crippen molar-refractivity contribution in [2.45, 2.75) is 24.3 Å². The van der Waals surface area contributed by atoms with Gasteiger partial charge in [0.15, 0.2) is 6.10 Å². The van der Waals surface area contributed by atoms with Gasteiger partial charge in [-0.05, 0) is 42.8 Å². The first-order chi connectivity index (χ1) is 15.3. The van der Waals surface area contributed by atoms with Gasteiger partial charge in [0.05, 0.1) is 31.6 Å². The van der Waals surface area contributed by atoms with Crippen LogP contribution in [-0.4, -0.2) is 64.1 Å². The monoisotopic (exact) mass is 462 g/mol. The molecule has 1 aliphatic rings. The van der Waals surface area contributed by atoms with Gasteiger partial charge >= 0.3 is 5.97 Å². The third kappa shape index (κ3) is 6.06. The number of anilines is 1. The van der Waals surface area contributed by atoms with E-state index in [2.05, 4.69) is 5.32 Å². The molecular formula is C22H26N2O7S. The molecule has 0 bridgehead atoms. The molecule has 0 radical (unpaired) electrons. The molecule has 0 saturated carbocycles. The smallest absolute Gasteiger partial charge is 0.311 e. The summed E-state index contributed by atoms with van der Waals surface area (Å²) in [6.07, 6.45) is -1.05. The van der Waals surface area contributed by atoms with E-state index in [1.807, 2.05) is 0 Å². The van der Waals surface area contributed by atoms with Crippen molar-refractivity contribution in [3.05, 3.63) is 54.1 Å². The minimum Gasteiger partial charge on any atom is -0.497 e. The summed E-state index contributed by atoms with van der Waals surface area (Å²) in [6, 6.07) is 12.9. The highest BCUT2D eigenvalue weighted by atomic mass is 32.2. The van der Waals surface area contributed by atoms with Gasteiger partial charge in [0.1, 0.15) is 5.75 Å².